The molecule has 3 aromatic carbocycles. The monoisotopic (exact) mass is 432 g/mol. The molecule has 0 saturated heterocycles. The van der Waals surface area contributed by atoms with E-state index >= 15 is 0 Å². The highest BCUT2D eigenvalue weighted by Crippen LogP contribution is 2.32. The average Bonchev–Trinajstić information content (AvgIpc) is 3.01. The van der Waals surface area contributed by atoms with Crippen molar-refractivity contribution in [1.82, 2.24) is 4.90 Å². The molecule has 156 valence electrons. The molecule has 2 amide bonds. The maximum Gasteiger partial charge on any atom is 0.278 e. The zero-order chi connectivity index (χ0) is 22.0. The summed E-state index contributed by atoms with van der Waals surface area (Å²) in [6.07, 6.45) is 0. The summed E-state index contributed by atoms with van der Waals surface area (Å²) >= 11 is 6.07. The number of hydrogen-bond acceptors (Lipinski definition) is 4. The summed E-state index contributed by atoms with van der Waals surface area (Å²) in [6, 6.07) is 21.9. The first-order valence-electron chi connectivity index (χ1n) is 9.80. The number of anilines is 1. The second-order valence-electron chi connectivity index (χ2n) is 7.24. The Morgan fingerprint density at radius 3 is 2.29 bits per heavy atom. The molecule has 1 aliphatic rings. The normalized spacial score (nSPS) is 13.7. The molecule has 0 fully saturated rings. The van der Waals surface area contributed by atoms with E-state index in [4.69, 9.17) is 16.3 Å². The van der Waals surface area contributed by atoms with E-state index in [1.54, 1.807) is 19.2 Å². The minimum atomic E-state index is -0.367. The van der Waals surface area contributed by atoms with Gasteiger partial charge in [-0.2, -0.15) is 0 Å². The van der Waals surface area contributed by atoms with Gasteiger partial charge in [0, 0.05) is 10.7 Å². The zero-order valence-corrected chi connectivity index (χ0v) is 17.9. The van der Waals surface area contributed by atoms with Crippen LogP contribution in [0.15, 0.2) is 78.5 Å². The predicted molar refractivity (Wildman–Crippen MR) is 122 cm³/mol. The van der Waals surface area contributed by atoms with Crippen LogP contribution in [-0.2, 0) is 16.1 Å². The molecule has 0 unspecified atom stereocenters. The first kappa shape index (κ1) is 20.7. The second-order valence-corrected chi connectivity index (χ2v) is 7.68. The van der Waals surface area contributed by atoms with Gasteiger partial charge >= 0.3 is 0 Å². The molecule has 0 aliphatic carbocycles. The minimum absolute atomic E-state index is 0.169. The fraction of sp³-hybridized carbons (Fsp3) is 0.120. The number of aryl methyl sites for hydroxylation is 1. The van der Waals surface area contributed by atoms with Gasteiger partial charge in [-0.05, 0) is 53.9 Å². The Morgan fingerprint density at radius 1 is 0.935 bits per heavy atom. The Bertz CT molecular complexity index is 1170. The molecule has 0 spiro atoms. The molecule has 0 bridgehead atoms. The van der Waals surface area contributed by atoms with Gasteiger partial charge in [-0.15, -0.1) is 0 Å². The van der Waals surface area contributed by atoms with Crippen molar-refractivity contribution < 1.29 is 14.3 Å². The number of nitrogens with zero attached hydrogens (tertiary/aromatic N) is 1. The lowest BCUT2D eigenvalue weighted by atomic mass is 10.0. The Hall–Kier alpha value is -3.57. The van der Waals surface area contributed by atoms with Gasteiger partial charge in [0.2, 0.25) is 0 Å². The van der Waals surface area contributed by atoms with E-state index in [-0.39, 0.29) is 24.1 Å². The fourth-order valence-corrected chi connectivity index (χ4v) is 3.75. The van der Waals surface area contributed by atoms with Crippen molar-refractivity contribution in [3.05, 3.63) is 100 Å². The van der Waals surface area contributed by atoms with Crippen molar-refractivity contribution in [3.8, 4) is 5.75 Å². The summed E-state index contributed by atoms with van der Waals surface area (Å²) < 4.78 is 5.18. The van der Waals surface area contributed by atoms with Crippen LogP contribution >= 0.6 is 11.6 Å². The second kappa shape index (κ2) is 8.66. The molecule has 0 radical (unpaired) electrons. The van der Waals surface area contributed by atoms with Crippen molar-refractivity contribution in [2.45, 2.75) is 13.5 Å². The number of halogens is 1. The van der Waals surface area contributed by atoms with Gasteiger partial charge in [-0.3, -0.25) is 14.5 Å². The molecule has 1 heterocycles. The summed E-state index contributed by atoms with van der Waals surface area (Å²) in [5, 5.41) is 3.79. The van der Waals surface area contributed by atoms with Crippen molar-refractivity contribution in [3.63, 3.8) is 0 Å². The molecule has 1 N–H and O–H groups in total. The molecule has 6 heteroatoms. The lowest BCUT2D eigenvalue weighted by molar-refractivity contribution is -0.137. The van der Waals surface area contributed by atoms with Crippen molar-refractivity contribution in [1.29, 1.82) is 0 Å². The Labute approximate surface area is 185 Å². The van der Waals surface area contributed by atoms with Crippen molar-refractivity contribution in [2.24, 2.45) is 0 Å². The molecule has 5 nitrogen and oxygen atoms in total. The molecular weight excluding hydrogens is 412 g/mol. The Balaban J connectivity index is 1.71. The number of methoxy groups -OCH3 is 1. The van der Waals surface area contributed by atoms with Crippen LogP contribution in [0.1, 0.15) is 16.7 Å². The highest BCUT2D eigenvalue weighted by molar-refractivity contribution is 6.36. The standard InChI is InChI=1S/C25H21ClN2O3/c1-16-14-19(26)10-13-21(16)27-23-22(18-6-4-3-5-7-18)24(29)28(25(23)30)15-17-8-11-20(31-2)12-9-17/h3-14,27H,15H2,1-2H3. The van der Waals surface area contributed by atoms with Gasteiger partial charge in [-0.25, -0.2) is 0 Å². The van der Waals surface area contributed by atoms with Gasteiger partial charge in [0.05, 0.1) is 19.2 Å². The van der Waals surface area contributed by atoms with E-state index in [2.05, 4.69) is 5.32 Å². The van der Waals surface area contributed by atoms with Crippen LogP contribution in [0.3, 0.4) is 0 Å². The predicted octanol–water partition coefficient (Wildman–Crippen LogP) is 5.05. The van der Waals surface area contributed by atoms with Crippen LogP contribution in [0, 0.1) is 6.92 Å². The number of benzene rings is 3. The average molecular weight is 433 g/mol. The van der Waals surface area contributed by atoms with Crippen LogP contribution in [0.25, 0.3) is 5.57 Å². The van der Waals surface area contributed by atoms with E-state index < -0.39 is 0 Å². The highest BCUT2D eigenvalue weighted by atomic mass is 35.5. The van der Waals surface area contributed by atoms with Crippen molar-refractivity contribution in [2.75, 3.05) is 12.4 Å². The topological polar surface area (TPSA) is 58.6 Å². The summed E-state index contributed by atoms with van der Waals surface area (Å²) in [5.74, 6) is 0.0154. The van der Waals surface area contributed by atoms with Gasteiger partial charge < -0.3 is 10.1 Å². The number of nitrogens with one attached hydrogen (secondary N) is 1. The minimum Gasteiger partial charge on any atom is -0.497 e. The number of amides is 2. The fourth-order valence-electron chi connectivity index (χ4n) is 3.52. The quantitative estimate of drug-likeness (QED) is 0.554. The number of rotatable bonds is 6. The third-order valence-corrected chi connectivity index (χ3v) is 5.41. The van der Waals surface area contributed by atoms with Gasteiger partial charge in [0.1, 0.15) is 11.4 Å². The SMILES string of the molecule is COc1ccc(CN2C(=O)C(Nc3ccc(Cl)cc3C)=C(c3ccccc3)C2=O)cc1. The number of hydrogen-bond donors (Lipinski definition) is 1. The maximum atomic E-state index is 13.3. The van der Waals surface area contributed by atoms with Crippen LogP contribution in [0.5, 0.6) is 5.75 Å². The number of carbonyl (C=O) groups is 2. The van der Waals surface area contributed by atoms with Gasteiger partial charge in [0.25, 0.3) is 11.8 Å². The largest absolute Gasteiger partial charge is 0.497 e. The molecule has 3 aromatic rings. The third kappa shape index (κ3) is 4.18. The van der Waals surface area contributed by atoms with E-state index in [1.807, 2.05) is 67.6 Å². The highest BCUT2D eigenvalue weighted by Gasteiger charge is 2.39. The van der Waals surface area contributed by atoms with Crippen molar-refractivity contribution >= 4 is 34.7 Å². The van der Waals surface area contributed by atoms with Crippen LogP contribution < -0.4 is 10.1 Å². The first-order valence-corrected chi connectivity index (χ1v) is 10.2. The number of imide groups is 1. The summed E-state index contributed by atoms with van der Waals surface area (Å²) in [4.78, 5) is 28.0. The summed E-state index contributed by atoms with van der Waals surface area (Å²) in [6.45, 7) is 2.07. The van der Waals surface area contributed by atoms with Crippen LogP contribution in [-0.4, -0.2) is 23.8 Å². The van der Waals surface area contributed by atoms with E-state index in [0.29, 0.717) is 21.9 Å². The first-order chi connectivity index (χ1) is 15.0. The molecule has 0 atom stereocenters. The number of carbonyl (C=O) groups excluding carboxylic acids is 2. The van der Waals surface area contributed by atoms with E-state index in [1.165, 1.54) is 4.90 Å². The lowest BCUT2D eigenvalue weighted by Crippen LogP contribution is -2.32. The Kier molecular flexibility index (Phi) is 5.78. The number of ether oxygens (including phenoxy) is 1. The molecule has 4 rings (SSSR count). The lowest BCUT2D eigenvalue weighted by Gasteiger charge is -2.16. The van der Waals surface area contributed by atoms with Crippen LogP contribution in [0.4, 0.5) is 5.69 Å². The molecule has 0 saturated carbocycles. The van der Waals surface area contributed by atoms with E-state index in [0.717, 1.165) is 16.8 Å². The third-order valence-electron chi connectivity index (χ3n) is 5.18. The summed E-state index contributed by atoms with van der Waals surface area (Å²) in [7, 11) is 1.59. The zero-order valence-electron chi connectivity index (χ0n) is 17.2. The molecule has 1 aliphatic heterocycles. The molecular formula is C25H21ClN2O3. The van der Waals surface area contributed by atoms with Gasteiger partial charge in [0.15, 0.2) is 0 Å². The maximum absolute atomic E-state index is 13.3. The smallest absolute Gasteiger partial charge is 0.278 e. The molecule has 0 aromatic heterocycles. The van der Waals surface area contributed by atoms with Gasteiger partial charge in [-0.1, -0.05) is 54.1 Å². The van der Waals surface area contributed by atoms with E-state index in [9.17, 15) is 9.59 Å². The van der Waals surface area contributed by atoms with Crippen LogP contribution in [0.2, 0.25) is 5.02 Å². The Morgan fingerprint density at radius 2 is 1.65 bits per heavy atom. The summed E-state index contributed by atoms with van der Waals surface area (Å²) in [5.41, 5.74) is 3.73. The molecule has 31 heavy (non-hydrogen) atoms.